The van der Waals surface area contributed by atoms with Gasteiger partial charge in [0.2, 0.25) is 11.2 Å². The van der Waals surface area contributed by atoms with Crippen molar-refractivity contribution in [3.05, 3.63) is 40.7 Å². The molecule has 0 saturated heterocycles. The molecule has 3 rings (SSSR count). The summed E-state index contributed by atoms with van der Waals surface area (Å²) in [7, 11) is 3.66. The van der Waals surface area contributed by atoms with Crippen LogP contribution in [0.4, 0.5) is 5.82 Å². The summed E-state index contributed by atoms with van der Waals surface area (Å²) in [6.07, 6.45) is 1.97. The van der Waals surface area contributed by atoms with Crippen LogP contribution in [0, 0.1) is 0 Å². The molecule has 22 heavy (non-hydrogen) atoms. The van der Waals surface area contributed by atoms with Gasteiger partial charge in [0.15, 0.2) is 0 Å². The van der Waals surface area contributed by atoms with Crippen LogP contribution >= 0.6 is 11.6 Å². The molecule has 0 saturated carbocycles. The van der Waals surface area contributed by atoms with E-state index in [1.807, 2.05) is 31.3 Å². The second-order valence-electron chi connectivity index (χ2n) is 5.26. The van der Waals surface area contributed by atoms with E-state index in [4.69, 9.17) is 21.1 Å². The highest BCUT2D eigenvalue weighted by Crippen LogP contribution is 2.32. The van der Waals surface area contributed by atoms with Gasteiger partial charge < -0.3 is 14.4 Å². The molecule has 0 aliphatic carbocycles. The lowest BCUT2D eigenvalue weighted by atomic mass is 10.1. The molecule has 1 aliphatic rings. The number of rotatable bonds is 4. The smallest absolute Gasteiger partial charge is 0.227 e. The number of aromatic nitrogens is 2. The van der Waals surface area contributed by atoms with E-state index in [0.717, 1.165) is 42.1 Å². The molecule has 0 spiro atoms. The molecule has 2 heterocycles. The minimum atomic E-state index is 0.220. The SMILES string of the molecule is COc1ccc(COc2nc(Cl)nc3c2CCCN3C)cc1. The Morgan fingerprint density at radius 1 is 1.23 bits per heavy atom. The van der Waals surface area contributed by atoms with Crippen molar-refractivity contribution in [2.45, 2.75) is 19.4 Å². The Morgan fingerprint density at radius 3 is 2.73 bits per heavy atom. The average molecular weight is 320 g/mol. The van der Waals surface area contributed by atoms with Gasteiger partial charge in [-0.25, -0.2) is 4.98 Å². The van der Waals surface area contributed by atoms with Gasteiger partial charge in [0, 0.05) is 13.6 Å². The van der Waals surface area contributed by atoms with Gasteiger partial charge in [0.1, 0.15) is 18.2 Å². The largest absolute Gasteiger partial charge is 0.497 e. The molecule has 1 aliphatic heterocycles. The van der Waals surface area contributed by atoms with Crippen LogP contribution in [0.2, 0.25) is 5.28 Å². The second-order valence-corrected chi connectivity index (χ2v) is 5.60. The predicted molar refractivity (Wildman–Crippen MR) is 86.0 cm³/mol. The van der Waals surface area contributed by atoms with Crippen molar-refractivity contribution in [1.82, 2.24) is 9.97 Å². The van der Waals surface area contributed by atoms with Gasteiger partial charge in [-0.2, -0.15) is 4.98 Å². The van der Waals surface area contributed by atoms with Gasteiger partial charge in [0.05, 0.1) is 12.7 Å². The fraction of sp³-hybridized carbons (Fsp3) is 0.375. The monoisotopic (exact) mass is 319 g/mol. The third-order valence-corrected chi connectivity index (χ3v) is 3.91. The number of hydrogen-bond donors (Lipinski definition) is 0. The molecule has 116 valence electrons. The van der Waals surface area contributed by atoms with Crippen LogP contribution in [0.1, 0.15) is 17.5 Å². The van der Waals surface area contributed by atoms with Crippen molar-refractivity contribution in [3.63, 3.8) is 0 Å². The van der Waals surface area contributed by atoms with Gasteiger partial charge in [-0.1, -0.05) is 12.1 Å². The summed E-state index contributed by atoms with van der Waals surface area (Å²) in [5, 5.41) is 0.220. The van der Waals surface area contributed by atoms with Crippen LogP contribution in [-0.4, -0.2) is 30.7 Å². The van der Waals surface area contributed by atoms with Crippen LogP contribution in [0.25, 0.3) is 0 Å². The first-order valence-corrected chi connectivity index (χ1v) is 7.58. The zero-order valence-electron chi connectivity index (χ0n) is 12.7. The van der Waals surface area contributed by atoms with E-state index in [1.165, 1.54) is 0 Å². The molecule has 1 aromatic heterocycles. The minimum absolute atomic E-state index is 0.220. The molecule has 0 fully saturated rings. The first-order chi connectivity index (χ1) is 10.7. The third kappa shape index (κ3) is 3.09. The lowest BCUT2D eigenvalue weighted by Gasteiger charge is -2.27. The maximum atomic E-state index is 6.02. The molecule has 0 bridgehead atoms. The summed E-state index contributed by atoms with van der Waals surface area (Å²) >= 11 is 6.02. The van der Waals surface area contributed by atoms with Crippen LogP contribution in [0.3, 0.4) is 0 Å². The predicted octanol–water partition coefficient (Wildman–Crippen LogP) is 3.10. The fourth-order valence-corrected chi connectivity index (χ4v) is 2.71. The van der Waals surface area contributed by atoms with Gasteiger partial charge >= 0.3 is 0 Å². The first-order valence-electron chi connectivity index (χ1n) is 7.20. The first kappa shape index (κ1) is 14.9. The number of fused-ring (bicyclic) bond motifs is 1. The maximum Gasteiger partial charge on any atom is 0.227 e. The third-order valence-electron chi connectivity index (χ3n) is 3.74. The molecular weight excluding hydrogens is 302 g/mol. The maximum absolute atomic E-state index is 6.02. The van der Waals surface area contributed by atoms with Crippen molar-refractivity contribution in [1.29, 1.82) is 0 Å². The van der Waals surface area contributed by atoms with Crippen molar-refractivity contribution >= 4 is 17.4 Å². The normalized spacial score (nSPS) is 13.7. The topological polar surface area (TPSA) is 47.5 Å². The molecule has 2 aromatic rings. The zero-order chi connectivity index (χ0) is 15.5. The summed E-state index contributed by atoms with van der Waals surface area (Å²) in [5.74, 6) is 2.28. The fourth-order valence-electron chi connectivity index (χ4n) is 2.55. The van der Waals surface area contributed by atoms with Crippen molar-refractivity contribution < 1.29 is 9.47 Å². The minimum Gasteiger partial charge on any atom is -0.497 e. The average Bonchev–Trinajstić information content (AvgIpc) is 2.54. The van der Waals surface area contributed by atoms with Crippen LogP contribution < -0.4 is 14.4 Å². The van der Waals surface area contributed by atoms with E-state index in [-0.39, 0.29) is 5.28 Å². The Kier molecular flexibility index (Phi) is 4.34. The lowest BCUT2D eigenvalue weighted by Crippen LogP contribution is -2.26. The van der Waals surface area contributed by atoms with Crippen LogP contribution in [-0.2, 0) is 13.0 Å². The van der Waals surface area contributed by atoms with Gasteiger partial charge in [-0.15, -0.1) is 0 Å². The molecule has 5 nitrogen and oxygen atoms in total. The standard InChI is InChI=1S/C16H18ClN3O2/c1-20-9-3-4-13-14(20)18-16(17)19-15(13)22-10-11-5-7-12(21-2)8-6-11/h5-8H,3-4,9-10H2,1-2H3. The summed E-state index contributed by atoms with van der Waals surface area (Å²) in [6, 6.07) is 7.77. The molecule has 0 N–H and O–H groups in total. The number of methoxy groups -OCH3 is 1. The van der Waals surface area contributed by atoms with Crippen molar-refractivity contribution in [2.24, 2.45) is 0 Å². The molecule has 6 heteroatoms. The second kappa shape index (κ2) is 6.40. The van der Waals surface area contributed by atoms with Crippen LogP contribution in [0.15, 0.2) is 24.3 Å². The van der Waals surface area contributed by atoms with E-state index in [9.17, 15) is 0 Å². The van der Waals surface area contributed by atoms with E-state index >= 15 is 0 Å². The summed E-state index contributed by atoms with van der Waals surface area (Å²) < 4.78 is 11.0. The molecule has 0 radical (unpaired) electrons. The van der Waals surface area contributed by atoms with E-state index in [2.05, 4.69) is 14.9 Å². The van der Waals surface area contributed by atoms with E-state index in [1.54, 1.807) is 7.11 Å². The number of benzene rings is 1. The Bertz CT molecular complexity index is 661. The van der Waals surface area contributed by atoms with Crippen LogP contribution in [0.5, 0.6) is 11.6 Å². The van der Waals surface area contributed by atoms with E-state index < -0.39 is 0 Å². The zero-order valence-corrected chi connectivity index (χ0v) is 13.4. The highest BCUT2D eigenvalue weighted by Gasteiger charge is 2.21. The molecule has 0 unspecified atom stereocenters. The van der Waals surface area contributed by atoms with Crippen molar-refractivity contribution in [3.8, 4) is 11.6 Å². The highest BCUT2D eigenvalue weighted by molar-refractivity contribution is 6.28. The molecule has 0 amide bonds. The Morgan fingerprint density at radius 2 is 2.00 bits per heavy atom. The number of nitrogens with zero attached hydrogens (tertiary/aromatic N) is 3. The Balaban J connectivity index is 1.79. The number of anilines is 1. The molecular formula is C16H18ClN3O2. The molecule has 1 aromatic carbocycles. The van der Waals surface area contributed by atoms with Gasteiger partial charge in [-0.3, -0.25) is 0 Å². The number of ether oxygens (including phenoxy) is 2. The summed E-state index contributed by atoms with van der Waals surface area (Å²) in [5.41, 5.74) is 2.08. The van der Waals surface area contributed by atoms with Crippen molar-refractivity contribution in [2.75, 3.05) is 25.6 Å². The molecule has 0 atom stereocenters. The highest BCUT2D eigenvalue weighted by atomic mass is 35.5. The number of hydrogen-bond acceptors (Lipinski definition) is 5. The summed E-state index contributed by atoms with van der Waals surface area (Å²) in [4.78, 5) is 10.7. The Labute approximate surface area is 134 Å². The quantitative estimate of drug-likeness (QED) is 0.810. The van der Waals surface area contributed by atoms with E-state index in [0.29, 0.717) is 12.5 Å². The lowest BCUT2D eigenvalue weighted by molar-refractivity contribution is 0.289. The summed E-state index contributed by atoms with van der Waals surface area (Å²) in [6.45, 7) is 1.41. The van der Waals surface area contributed by atoms with Gasteiger partial charge in [0.25, 0.3) is 0 Å². The Hall–Kier alpha value is -2.01. The number of halogens is 1. The van der Waals surface area contributed by atoms with Gasteiger partial charge in [-0.05, 0) is 42.1 Å².